The van der Waals surface area contributed by atoms with E-state index in [1.54, 1.807) is 26.4 Å². The zero-order valence-electron chi connectivity index (χ0n) is 14.7. The Labute approximate surface area is 147 Å². The number of carbonyl (C=O) groups is 1. The molecule has 25 heavy (non-hydrogen) atoms. The van der Waals surface area contributed by atoms with Crippen molar-refractivity contribution in [3.63, 3.8) is 0 Å². The maximum Gasteiger partial charge on any atom is 0.289 e. The van der Waals surface area contributed by atoms with Gasteiger partial charge in [0.25, 0.3) is 5.91 Å². The van der Waals surface area contributed by atoms with Crippen LogP contribution in [0.4, 0.5) is 0 Å². The molecule has 134 valence electrons. The number of furan rings is 1. The average molecular weight is 344 g/mol. The molecule has 0 saturated carbocycles. The summed E-state index contributed by atoms with van der Waals surface area (Å²) in [7, 11) is 3.29. The summed E-state index contributed by atoms with van der Waals surface area (Å²) in [4.78, 5) is 16.5. The van der Waals surface area contributed by atoms with Gasteiger partial charge in [-0.1, -0.05) is 6.07 Å². The molecule has 2 heterocycles. The van der Waals surface area contributed by atoms with Gasteiger partial charge in [0, 0.05) is 32.7 Å². The van der Waals surface area contributed by atoms with E-state index in [4.69, 9.17) is 13.9 Å². The molecule has 1 aliphatic heterocycles. The van der Waals surface area contributed by atoms with Crippen molar-refractivity contribution in [2.45, 2.75) is 6.42 Å². The fourth-order valence-electron chi connectivity index (χ4n) is 3.05. The second kappa shape index (κ2) is 8.07. The fourth-order valence-corrected chi connectivity index (χ4v) is 3.05. The maximum atomic E-state index is 12.3. The predicted octanol–water partition coefficient (Wildman–Crippen LogP) is 2.30. The molecule has 0 spiro atoms. The van der Waals surface area contributed by atoms with E-state index in [0.29, 0.717) is 5.76 Å². The van der Waals surface area contributed by atoms with Gasteiger partial charge in [-0.05, 0) is 36.2 Å². The van der Waals surface area contributed by atoms with Crippen LogP contribution in [0.2, 0.25) is 0 Å². The first kappa shape index (κ1) is 17.4. The van der Waals surface area contributed by atoms with E-state index in [0.717, 1.165) is 50.6 Å². The van der Waals surface area contributed by atoms with Crippen molar-refractivity contribution < 1.29 is 18.7 Å². The highest BCUT2D eigenvalue weighted by Gasteiger charge is 2.23. The van der Waals surface area contributed by atoms with Gasteiger partial charge in [-0.15, -0.1) is 0 Å². The van der Waals surface area contributed by atoms with Crippen LogP contribution in [0.15, 0.2) is 41.0 Å². The molecule has 0 radical (unpaired) electrons. The molecule has 2 aromatic rings. The summed E-state index contributed by atoms with van der Waals surface area (Å²) in [5, 5.41) is 0. The highest BCUT2D eigenvalue weighted by Crippen LogP contribution is 2.27. The lowest BCUT2D eigenvalue weighted by Crippen LogP contribution is -2.49. The molecule has 0 N–H and O–H groups in total. The van der Waals surface area contributed by atoms with Crippen LogP contribution >= 0.6 is 0 Å². The van der Waals surface area contributed by atoms with Gasteiger partial charge >= 0.3 is 0 Å². The number of carbonyl (C=O) groups excluding carboxylic acids is 1. The fraction of sp³-hybridized carbons (Fsp3) is 0.421. The molecule has 1 aromatic heterocycles. The maximum absolute atomic E-state index is 12.3. The molecule has 1 amide bonds. The third-order valence-electron chi connectivity index (χ3n) is 4.56. The van der Waals surface area contributed by atoms with Gasteiger partial charge in [-0.3, -0.25) is 9.69 Å². The molecule has 6 heteroatoms. The van der Waals surface area contributed by atoms with Crippen LogP contribution in [0.5, 0.6) is 11.5 Å². The molecular formula is C19H24N2O4. The van der Waals surface area contributed by atoms with Crippen LogP contribution in [-0.4, -0.2) is 62.7 Å². The molecule has 0 unspecified atom stereocenters. The standard InChI is InChI=1S/C19H24N2O4/c1-23-16-6-5-15(14-18(16)24-2)7-8-20-9-11-21(12-10-20)19(22)17-4-3-13-25-17/h3-6,13-14H,7-12H2,1-2H3. The lowest BCUT2D eigenvalue weighted by atomic mass is 10.1. The lowest BCUT2D eigenvalue weighted by Gasteiger charge is -2.34. The largest absolute Gasteiger partial charge is 0.493 e. The van der Waals surface area contributed by atoms with E-state index in [2.05, 4.69) is 11.0 Å². The van der Waals surface area contributed by atoms with Crippen LogP contribution in [0.1, 0.15) is 16.1 Å². The summed E-state index contributed by atoms with van der Waals surface area (Å²) in [5.41, 5.74) is 1.21. The number of rotatable bonds is 6. The number of ether oxygens (including phenoxy) is 2. The van der Waals surface area contributed by atoms with Crippen LogP contribution in [0.25, 0.3) is 0 Å². The molecule has 1 fully saturated rings. The lowest BCUT2D eigenvalue weighted by molar-refractivity contribution is 0.0607. The van der Waals surface area contributed by atoms with Crippen molar-refractivity contribution >= 4 is 5.91 Å². The summed E-state index contributed by atoms with van der Waals surface area (Å²) in [6, 6.07) is 9.49. The third-order valence-corrected chi connectivity index (χ3v) is 4.56. The van der Waals surface area contributed by atoms with Crippen LogP contribution in [0.3, 0.4) is 0 Å². The minimum atomic E-state index is -0.0236. The van der Waals surface area contributed by atoms with Crippen molar-refractivity contribution in [2.75, 3.05) is 46.9 Å². The number of methoxy groups -OCH3 is 2. The molecule has 3 rings (SSSR count). The first-order valence-electron chi connectivity index (χ1n) is 8.47. The Balaban J connectivity index is 1.49. The first-order valence-corrected chi connectivity index (χ1v) is 8.47. The second-order valence-corrected chi connectivity index (χ2v) is 6.05. The summed E-state index contributed by atoms with van der Waals surface area (Å²) in [6.07, 6.45) is 2.47. The smallest absolute Gasteiger partial charge is 0.289 e. The summed E-state index contributed by atoms with van der Waals surface area (Å²) in [5.74, 6) is 1.90. The minimum Gasteiger partial charge on any atom is -0.493 e. The Hall–Kier alpha value is -2.47. The van der Waals surface area contributed by atoms with Crippen molar-refractivity contribution in [2.24, 2.45) is 0 Å². The molecule has 0 aliphatic carbocycles. The Morgan fingerprint density at radius 2 is 1.84 bits per heavy atom. The third kappa shape index (κ3) is 4.14. The number of benzene rings is 1. The predicted molar refractivity (Wildman–Crippen MR) is 94.3 cm³/mol. The quantitative estimate of drug-likeness (QED) is 0.805. The van der Waals surface area contributed by atoms with Gasteiger partial charge in [0.15, 0.2) is 17.3 Å². The normalized spacial score (nSPS) is 15.2. The SMILES string of the molecule is COc1ccc(CCN2CCN(C(=O)c3ccco3)CC2)cc1OC. The molecule has 0 atom stereocenters. The molecule has 0 bridgehead atoms. The molecule has 1 aliphatic rings. The number of nitrogens with zero attached hydrogens (tertiary/aromatic N) is 2. The topological polar surface area (TPSA) is 55.2 Å². The van der Waals surface area contributed by atoms with Gasteiger partial charge < -0.3 is 18.8 Å². The van der Waals surface area contributed by atoms with E-state index in [1.807, 2.05) is 17.0 Å². The molecule has 6 nitrogen and oxygen atoms in total. The van der Waals surface area contributed by atoms with E-state index >= 15 is 0 Å². The van der Waals surface area contributed by atoms with Crippen molar-refractivity contribution in [1.82, 2.24) is 9.80 Å². The minimum absolute atomic E-state index is 0.0236. The zero-order chi connectivity index (χ0) is 17.6. The summed E-state index contributed by atoms with van der Waals surface area (Å²) in [6.45, 7) is 4.16. The van der Waals surface area contributed by atoms with E-state index in [1.165, 1.54) is 11.8 Å². The van der Waals surface area contributed by atoms with Crippen molar-refractivity contribution in [1.29, 1.82) is 0 Å². The van der Waals surface area contributed by atoms with Gasteiger partial charge in [0.1, 0.15) is 0 Å². The highest BCUT2D eigenvalue weighted by atomic mass is 16.5. The van der Waals surface area contributed by atoms with Crippen molar-refractivity contribution in [3.8, 4) is 11.5 Å². The highest BCUT2D eigenvalue weighted by molar-refractivity contribution is 5.91. The number of amides is 1. The van der Waals surface area contributed by atoms with Crippen LogP contribution < -0.4 is 9.47 Å². The number of hydrogen-bond acceptors (Lipinski definition) is 5. The number of piperazine rings is 1. The van der Waals surface area contributed by atoms with Gasteiger partial charge in [0.05, 0.1) is 20.5 Å². The molecule has 1 aromatic carbocycles. The zero-order valence-corrected chi connectivity index (χ0v) is 14.7. The Morgan fingerprint density at radius 1 is 1.08 bits per heavy atom. The van der Waals surface area contributed by atoms with Crippen molar-refractivity contribution in [3.05, 3.63) is 47.9 Å². The first-order chi connectivity index (χ1) is 12.2. The Bertz CT molecular complexity index is 691. The van der Waals surface area contributed by atoms with Crippen LogP contribution in [0, 0.1) is 0 Å². The average Bonchev–Trinajstić information content (AvgIpc) is 3.20. The van der Waals surface area contributed by atoms with E-state index in [9.17, 15) is 4.79 Å². The number of hydrogen-bond donors (Lipinski definition) is 0. The summed E-state index contributed by atoms with van der Waals surface area (Å²) >= 11 is 0. The second-order valence-electron chi connectivity index (χ2n) is 6.05. The Morgan fingerprint density at radius 3 is 2.48 bits per heavy atom. The van der Waals surface area contributed by atoms with Gasteiger partial charge in [-0.25, -0.2) is 0 Å². The van der Waals surface area contributed by atoms with Gasteiger partial charge in [-0.2, -0.15) is 0 Å². The molecule has 1 saturated heterocycles. The Kier molecular flexibility index (Phi) is 5.60. The van der Waals surface area contributed by atoms with E-state index in [-0.39, 0.29) is 5.91 Å². The molecular weight excluding hydrogens is 320 g/mol. The van der Waals surface area contributed by atoms with Crippen LogP contribution in [-0.2, 0) is 6.42 Å². The van der Waals surface area contributed by atoms with E-state index < -0.39 is 0 Å². The summed E-state index contributed by atoms with van der Waals surface area (Å²) < 4.78 is 15.8. The van der Waals surface area contributed by atoms with Gasteiger partial charge in [0.2, 0.25) is 0 Å². The monoisotopic (exact) mass is 344 g/mol.